The molecule has 0 saturated carbocycles. The number of hydrogen-bond donors (Lipinski definition) is 0. The maximum atomic E-state index is 12.8. The summed E-state index contributed by atoms with van der Waals surface area (Å²) in [6.07, 6.45) is -4.38. The summed E-state index contributed by atoms with van der Waals surface area (Å²) in [6.45, 7) is 1.71. The summed E-state index contributed by atoms with van der Waals surface area (Å²) in [7, 11) is 0. The van der Waals surface area contributed by atoms with Gasteiger partial charge in [0.05, 0.1) is 17.0 Å². The van der Waals surface area contributed by atoms with Crippen LogP contribution in [0.5, 0.6) is 0 Å². The number of rotatable bonds is 2. The zero-order chi connectivity index (χ0) is 13.2. The highest BCUT2D eigenvalue weighted by atomic mass is 32.1. The Morgan fingerprint density at radius 2 is 1.83 bits per heavy atom. The number of alkyl halides is 3. The van der Waals surface area contributed by atoms with Crippen LogP contribution in [-0.4, -0.2) is 5.71 Å². The summed E-state index contributed by atoms with van der Waals surface area (Å²) in [6, 6.07) is 9.01. The van der Waals surface area contributed by atoms with Crippen molar-refractivity contribution in [1.82, 2.24) is 0 Å². The predicted molar refractivity (Wildman–Crippen MR) is 67.6 cm³/mol. The Morgan fingerprint density at radius 3 is 2.44 bits per heavy atom. The molecular weight excluding hydrogens is 259 g/mol. The molecule has 2 rings (SSSR count). The number of benzene rings is 1. The Kier molecular flexibility index (Phi) is 3.52. The van der Waals surface area contributed by atoms with E-state index in [9.17, 15) is 13.2 Å². The molecular formula is C13H10F3NS. The topological polar surface area (TPSA) is 12.4 Å². The third kappa shape index (κ3) is 2.79. The minimum Gasteiger partial charge on any atom is -0.252 e. The van der Waals surface area contributed by atoms with Crippen LogP contribution >= 0.6 is 11.3 Å². The summed E-state index contributed by atoms with van der Waals surface area (Å²) >= 11 is 1.45. The molecule has 0 bridgehead atoms. The third-order valence-corrected chi connectivity index (χ3v) is 3.35. The quantitative estimate of drug-likeness (QED) is 0.687. The molecule has 1 aromatic heterocycles. The number of nitrogens with zero attached hydrogens (tertiary/aromatic N) is 1. The lowest BCUT2D eigenvalue weighted by Crippen LogP contribution is -2.05. The van der Waals surface area contributed by atoms with E-state index >= 15 is 0 Å². The van der Waals surface area contributed by atoms with Crippen molar-refractivity contribution >= 4 is 22.7 Å². The van der Waals surface area contributed by atoms with Crippen molar-refractivity contribution in [3.8, 4) is 0 Å². The van der Waals surface area contributed by atoms with E-state index in [4.69, 9.17) is 0 Å². The van der Waals surface area contributed by atoms with E-state index in [1.54, 1.807) is 13.0 Å². The van der Waals surface area contributed by atoms with Gasteiger partial charge in [0.25, 0.3) is 0 Å². The van der Waals surface area contributed by atoms with Crippen LogP contribution in [0.3, 0.4) is 0 Å². The molecule has 5 heteroatoms. The lowest BCUT2D eigenvalue weighted by atomic mass is 10.1. The summed E-state index contributed by atoms with van der Waals surface area (Å²) < 4.78 is 38.3. The second kappa shape index (κ2) is 4.94. The van der Waals surface area contributed by atoms with Crippen LogP contribution in [0.2, 0.25) is 0 Å². The predicted octanol–water partition coefficient (Wildman–Crippen LogP) is 4.91. The zero-order valence-corrected chi connectivity index (χ0v) is 10.3. The van der Waals surface area contributed by atoms with Crippen LogP contribution in [-0.2, 0) is 6.18 Å². The second-order valence-electron chi connectivity index (χ2n) is 3.69. The van der Waals surface area contributed by atoms with E-state index in [0.717, 1.165) is 10.9 Å². The van der Waals surface area contributed by atoms with Crippen LogP contribution in [0.4, 0.5) is 18.9 Å². The Hall–Kier alpha value is -1.62. The van der Waals surface area contributed by atoms with Crippen molar-refractivity contribution in [2.24, 2.45) is 4.99 Å². The molecule has 0 aliphatic heterocycles. The van der Waals surface area contributed by atoms with Crippen LogP contribution in [0.15, 0.2) is 46.8 Å². The molecule has 2 aromatic rings. The van der Waals surface area contributed by atoms with Gasteiger partial charge in [0.15, 0.2) is 0 Å². The summed E-state index contributed by atoms with van der Waals surface area (Å²) in [5.74, 6) is 0. The highest BCUT2D eigenvalue weighted by Gasteiger charge is 2.33. The van der Waals surface area contributed by atoms with Gasteiger partial charge in [0.2, 0.25) is 0 Å². The van der Waals surface area contributed by atoms with E-state index in [1.807, 2.05) is 17.5 Å². The molecule has 1 heterocycles. The van der Waals surface area contributed by atoms with Crippen molar-refractivity contribution in [3.05, 3.63) is 52.2 Å². The Bertz CT molecular complexity index is 556. The second-order valence-corrected chi connectivity index (χ2v) is 4.64. The average Bonchev–Trinajstić information content (AvgIpc) is 2.81. The molecule has 0 radical (unpaired) electrons. The highest BCUT2D eigenvalue weighted by Crippen LogP contribution is 2.36. The third-order valence-electron chi connectivity index (χ3n) is 2.38. The van der Waals surface area contributed by atoms with Gasteiger partial charge in [-0.25, -0.2) is 0 Å². The first-order chi connectivity index (χ1) is 8.48. The molecule has 1 nitrogen and oxygen atoms in total. The SMILES string of the molecule is CC(=Nc1ccccc1C(F)(F)F)c1cccs1. The monoisotopic (exact) mass is 269 g/mol. The van der Waals surface area contributed by atoms with Gasteiger partial charge in [-0.2, -0.15) is 13.2 Å². The highest BCUT2D eigenvalue weighted by molar-refractivity contribution is 7.12. The number of thiophene rings is 1. The van der Waals surface area contributed by atoms with Crippen molar-refractivity contribution in [2.45, 2.75) is 13.1 Å². The van der Waals surface area contributed by atoms with Crippen molar-refractivity contribution in [3.63, 3.8) is 0 Å². The first kappa shape index (κ1) is 12.8. The Morgan fingerprint density at radius 1 is 1.11 bits per heavy atom. The van der Waals surface area contributed by atoms with Gasteiger partial charge in [-0.05, 0) is 30.5 Å². The van der Waals surface area contributed by atoms with Gasteiger partial charge in [0.1, 0.15) is 0 Å². The summed E-state index contributed by atoms with van der Waals surface area (Å²) in [4.78, 5) is 4.94. The van der Waals surface area contributed by atoms with E-state index < -0.39 is 11.7 Å². The van der Waals surface area contributed by atoms with Crippen LogP contribution < -0.4 is 0 Å². The molecule has 0 spiro atoms. The summed E-state index contributed by atoms with van der Waals surface area (Å²) in [5.41, 5.74) is -0.168. The lowest BCUT2D eigenvalue weighted by molar-refractivity contribution is -0.137. The van der Waals surface area contributed by atoms with E-state index in [0.29, 0.717) is 5.71 Å². The normalized spacial score (nSPS) is 12.8. The number of aliphatic imine (C=N–C) groups is 1. The maximum Gasteiger partial charge on any atom is 0.418 e. The Balaban J connectivity index is 2.44. The number of hydrogen-bond acceptors (Lipinski definition) is 2. The van der Waals surface area contributed by atoms with E-state index in [2.05, 4.69) is 4.99 Å². The van der Waals surface area contributed by atoms with Crippen LogP contribution in [0, 0.1) is 0 Å². The van der Waals surface area contributed by atoms with Gasteiger partial charge < -0.3 is 0 Å². The van der Waals surface area contributed by atoms with Crippen molar-refractivity contribution in [2.75, 3.05) is 0 Å². The molecule has 1 aromatic carbocycles. The van der Waals surface area contributed by atoms with E-state index in [-0.39, 0.29) is 5.69 Å². The molecule has 0 saturated heterocycles. The fourth-order valence-corrected chi connectivity index (χ4v) is 2.21. The van der Waals surface area contributed by atoms with Crippen molar-refractivity contribution in [1.29, 1.82) is 0 Å². The van der Waals surface area contributed by atoms with Crippen molar-refractivity contribution < 1.29 is 13.2 Å². The minimum atomic E-state index is -4.38. The van der Waals surface area contributed by atoms with Gasteiger partial charge in [-0.15, -0.1) is 11.3 Å². The molecule has 0 fully saturated rings. The molecule has 0 N–H and O–H groups in total. The van der Waals surface area contributed by atoms with E-state index in [1.165, 1.54) is 23.5 Å². The van der Waals surface area contributed by atoms with Crippen LogP contribution in [0.1, 0.15) is 17.4 Å². The molecule has 0 amide bonds. The first-order valence-electron chi connectivity index (χ1n) is 5.24. The number of halogens is 3. The fourth-order valence-electron chi connectivity index (χ4n) is 1.53. The molecule has 0 atom stereocenters. The van der Waals surface area contributed by atoms with Gasteiger partial charge in [-0.1, -0.05) is 18.2 Å². The molecule has 18 heavy (non-hydrogen) atoms. The fraction of sp³-hybridized carbons (Fsp3) is 0.154. The minimum absolute atomic E-state index is 0.0455. The smallest absolute Gasteiger partial charge is 0.252 e. The average molecular weight is 269 g/mol. The maximum absolute atomic E-state index is 12.8. The van der Waals surface area contributed by atoms with Crippen LogP contribution in [0.25, 0.3) is 0 Å². The zero-order valence-electron chi connectivity index (χ0n) is 9.53. The Labute approximate surface area is 107 Å². The largest absolute Gasteiger partial charge is 0.418 e. The number of para-hydroxylation sites is 1. The summed E-state index contributed by atoms with van der Waals surface area (Å²) in [5, 5.41) is 1.87. The van der Waals surface area contributed by atoms with Gasteiger partial charge >= 0.3 is 6.18 Å². The lowest BCUT2D eigenvalue weighted by Gasteiger charge is -2.09. The van der Waals surface area contributed by atoms with Gasteiger partial charge in [-0.3, -0.25) is 4.99 Å². The van der Waals surface area contributed by atoms with Gasteiger partial charge in [0, 0.05) is 4.88 Å². The molecule has 94 valence electrons. The molecule has 0 aliphatic rings. The standard InChI is InChI=1S/C13H10F3NS/c1-9(12-7-4-8-18-12)17-11-6-3-2-5-10(11)13(14,15)16/h2-8H,1H3. The first-order valence-corrected chi connectivity index (χ1v) is 6.12. The molecule has 0 unspecified atom stereocenters. The molecule has 0 aliphatic carbocycles.